The number of hydrogen-bond donors (Lipinski definition) is 1. The molecule has 2 rings (SSSR count). The van der Waals surface area contributed by atoms with Crippen molar-refractivity contribution in [3.63, 3.8) is 0 Å². The smallest absolute Gasteiger partial charge is 0.337 e. The number of halogens is 2. The fraction of sp³-hybridized carbons (Fsp3) is 0.176. The minimum Gasteiger partial charge on any atom is -0.481 e. The number of esters is 1. The molecule has 1 N–H and O–H groups in total. The highest BCUT2D eigenvalue weighted by Crippen LogP contribution is 2.24. The van der Waals surface area contributed by atoms with Gasteiger partial charge in [-0.2, -0.15) is 0 Å². The molecule has 0 aliphatic rings. The van der Waals surface area contributed by atoms with Crippen molar-refractivity contribution in [3.8, 4) is 5.75 Å². The van der Waals surface area contributed by atoms with Crippen molar-refractivity contribution in [2.45, 2.75) is 13.0 Å². The van der Waals surface area contributed by atoms with Crippen LogP contribution in [0.1, 0.15) is 17.3 Å². The van der Waals surface area contributed by atoms with E-state index in [1.165, 1.54) is 25.3 Å². The highest BCUT2D eigenvalue weighted by molar-refractivity contribution is 6.34. The molecule has 0 aliphatic heterocycles. The van der Waals surface area contributed by atoms with Crippen molar-refractivity contribution in [1.29, 1.82) is 0 Å². The molecule has 0 saturated heterocycles. The zero-order valence-electron chi connectivity index (χ0n) is 13.0. The fourth-order valence-electron chi connectivity index (χ4n) is 1.90. The summed E-state index contributed by atoms with van der Waals surface area (Å²) in [6.45, 7) is 1.59. The second kappa shape index (κ2) is 8.04. The number of methoxy groups -OCH3 is 1. The molecule has 2 aromatic carbocycles. The van der Waals surface area contributed by atoms with Crippen molar-refractivity contribution in [1.82, 2.24) is 0 Å². The average molecular weight is 368 g/mol. The maximum Gasteiger partial charge on any atom is 0.337 e. The molecule has 1 atom stereocenters. The first-order valence-electron chi connectivity index (χ1n) is 7.01. The van der Waals surface area contributed by atoms with E-state index < -0.39 is 18.0 Å². The lowest BCUT2D eigenvalue weighted by Gasteiger charge is -2.16. The van der Waals surface area contributed by atoms with Crippen LogP contribution in [0.25, 0.3) is 0 Å². The van der Waals surface area contributed by atoms with E-state index in [0.717, 1.165) is 0 Å². The number of nitrogens with one attached hydrogen (secondary N) is 1. The minimum absolute atomic E-state index is 0.278. The van der Waals surface area contributed by atoms with Crippen molar-refractivity contribution >= 4 is 40.8 Å². The van der Waals surface area contributed by atoms with E-state index >= 15 is 0 Å². The van der Waals surface area contributed by atoms with Gasteiger partial charge in [0.1, 0.15) is 5.75 Å². The summed E-state index contributed by atoms with van der Waals surface area (Å²) in [4.78, 5) is 23.8. The molecule has 0 unspecified atom stereocenters. The standard InChI is InChI=1S/C17H15Cl2NO4/c1-10(24-13-5-3-4-12(18)9-13)16(21)20-15-8-11(17(22)23-2)6-7-14(15)19/h3-10H,1-2H3,(H,20,21)/t10-/m1/s1. The van der Waals surface area contributed by atoms with E-state index in [9.17, 15) is 9.59 Å². The van der Waals surface area contributed by atoms with Crippen LogP contribution in [0.4, 0.5) is 5.69 Å². The summed E-state index contributed by atoms with van der Waals surface area (Å²) in [5.74, 6) is -0.469. The van der Waals surface area contributed by atoms with Crippen molar-refractivity contribution in [3.05, 3.63) is 58.1 Å². The number of hydrogen-bond acceptors (Lipinski definition) is 4. The van der Waals surface area contributed by atoms with E-state index in [1.807, 2.05) is 0 Å². The molecule has 0 aromatic heterocycles. The molecule has 0 fully saturated rings. The third kappa shape index (κ3) is 4.63. The van der Waals surface area contributed by atoms with E-state index in [2.05, 4.69) is 10.1 Å². The third-order valence-corrected chi connectivity index (χ3v) is 3.69. The van der Waals surface area contributed by atoms with Gasteiger partial charge in [-0.25, -0.2) is 4.79 Å². The van der Waals surface area contributed by atoms with Gasteiger partial charge in [-0.05, 0) is 43.3 Å². The van der Waals surface area contributed by atoms with Crippen LogP contribution in [0.5, 0.6) is 5.75 Å². The summed E-state index contributed by atoms with van der Waals surface area (Å²) in [6, 6.07) is 11.2. The Hall–Kier alpha value is -2.24. The van der Waals surface area contributed by atoms with Crippen LogP contribution in [0, 0.1) is 0 Å². The molecule has 0 radical (unpaired) electrons. The highest BCUT2D eigenvalue weighted by Gasteiger charge is 2.17. The summed E-state index contributed by atoms with van der Waals surface area (Å²) in [5.41, 5.74) is 0.576. The predicted octanol–water partition coefficient (Wildman–Crippen LogP) is 4.19. The summed E-state index contributed by atoms with van der Waals surface area (Å²) in [5, 5.41) is 3.43. The molecule has 0 heterocycles. The van der Waals surface area contributed by atoms with E-state index in [1.54, 1.807) is 31.2 Å². The van der Waals surface area contributed by atoms with Gasteiger partial charge in [0.05, 0.1) is 23.4 Å². The van der Waals surface area contributed by atoms with Crippen LogP contribution in [-0.2, 0) is 9.53 Å². The summed E-state index contributed by atoms with van der Waals surface area (Å²) >= 11 is 11.9. The van der Waals surface area contributed by atoms with Crippen LogP contribution < -0.4 is 10.1 Å². The molecule has 2 aromatic rings. The average Bonchev–Trinajstić information content (AvgIpc) is 2.56. The van der Waals surface area contributed by atoms with Gasteiger partial charge < -0.3 is 14.8 Å². The summed E-state index contributed by atoms with van der Waals surface area (Å²) < 4.78 is 10.2. The van der Waals surface area contributed by atoms with Gasteiger partial charge in [0, 0.05) is 5.02 Å². The number of benzene rings is 2. The Labute approximate surface area is 149 Å². The fourth-order valence-corrected chi connectivity index (χ4v) is 2.24. The molecule has 7 heteroatoms. The second-order valence-electron chi connectivity index (χ2n) is 4.89. The molecule has 0 bridgehead atoms. The minimum atomic E-state index is -0.790. The van der Waals surface area contributed by atoms with Gasteiger partial charge in [0.2, 0.25) is 0 Å². The molecule has 0 spiro atoms. The predicted molar refractivity (Wildman–Crippen MR) is 93.0 cm³/mol. The van der Waals surface area contributed by atoms with Crippen LogP contribution in [-0.4, -0.2) is 25.1 Å². The summed E-state index contributed by atoms with van der Waals surface area (Å²) in [7, 11) is 1.27. The van der Waals surface area contributed by atoms with Crippen molar-refractivity contribution < 1.29 is 19.1 Å². The van der Waals surface area contributed by atoms with Crippen molar-refractivity contribution in [2.75, 3.05) is 12.4 Å². The topological polar surface area (TPSA) is 64.6 Å². The van der Waals surface area contributed by atoms with E-state index in [-0.39, 0.29) is 5.56 Å². The Morgan fingerprint density at radius 1 is 1.12 bits per heavy atom. The number of anilines is 1. The van der Waals surface area contributed by atoms with E-state index in [4.69, 9.17) is 27.9 Å². The van der Waals surface area contributed by atoms with Crippen LogP contribution in [0.3, 0.4) is 0 Å². The monoisotopic (exact) mass is 367 g/mol. The maximum atomic E-state index is 12.3. The number of amides is 1. The first-order chi connectivity index (χ1) is 11.4. The lowest BCUT2D eigenvalue weighted by molar-refractivity contribution is -0.122. The molecule has 1 amide bonds. The molecule has 0 aliphatic carbocycles. The molecule has 5 nitrogen and oxygen atoms in total. The molecule has 0 saturated carbocycles. The number of rotatable bonds is 5. The Balaban J connectivity index is 2.09. The van der Waals surface area contributed by atoms with Crippen molar-refractivity contribution in [2.24, 2.45) is 0 Å². The Bertz CT molecular complexity index is 764. The lowest BCUT2D eigenvalue weighted by Crippen LogP contribution is -2.30. The molecular weight excluding hydrogens is 353 g/mol. The van der Waals surface area contributed by atoms with Gasteiger partial charge in [-0.15, -0.1) is 0 Å². The van der Waals surface area contributed by atoms with Gasteiger partial charge in [-0.1, -0.05) is 29.3 Å². The zero-order chi connectivity index (χ0) is 17.7. The van der Waals surface area contributed by atoms with Gasteiger partial charge >= 0.3 is 5.97 Å². The van der Waals surface area contributed by atoms with E-state index in [0.29, 0.717) is 21.5 Å². The first-order valence-corrected chi connectivity index (χ1v) is 7.77. The van der Waals surface area contributed by atoms with Crippen LogP contribution >= 0.6 is 23.2 Å². The SMILES string of the molecule is COC(=O)c1ccc(Cl)c(NC(=O)[C@@H](C)Oc2cccc(Cl)c2)c1. The largest absolute Gasteiger partial charge is 0.481 e. The van der Waals surface area contributed by atoms with Crippen LogP contribution in [0.15, 0.2) is 42.5 Å². The molecule has 126 valence electrons. The maximum absolute atomic E-state index is 12.3. The summed E-state index contributed by atoms with van der Waals surface area (Å²) in [6.07, 6.45) is -0.790. The van der Waals surface area contributed by atoms with Gasteiger partial charge in [0.25, 0.3) is 5.91 Å². The Morgan fingerprint density at radius 2 is 1.88 bits per heavy atom. The second-order valence-corrected chi connectivity index (χ2v) is 5.74. The van der Waals surface area contributed by atoms with Gasteiger partial charge in [-0.3, -0.25) is 4.79 Å². The highest BCUT2D eigenvalue weighted by atomic mass is 35.5. The Morgan fingerprint density at radius 3 is 2.54 bits per heavy atom. The molecule has 24 heavy (non-hydrogen) atoms. The lowest BCUT2D eigenvalue weighted by atomic mass is 10.2. The number of carbonyl (C=O) groups is 2. The quantitative estimate of drug-likeness (QED) is 0.804. The number of ether oxygens (including phenoxy) is 2. The zero-order valence-corrected chi connectivity index (χ0v) is 14.5. The van der Waals surface area contributed by atoms with Crippen LogP contribution in [0.2, 0.25) is 10.0 Å². The number of carbonyl (C=O) groups excluding carboxylic acids is 2. The van der Waals surface area contributed by atoms with Gasteiger partial charge in [0.15, 0.2) is 6.10 Å². The normalized spacial score (nSPS) is 11.5. The third-order valence-electron chi connectivity index (χ3n) is 3.12. The molecular formula is C17H15Cl2NO4. The Kier molecular flexibility index (Phi) is 6.06. The first kappa shape index (κ1) is 18.1.